The van der Waals surface area contributed by atoms with E-state index in [9.17, 15) is 4.79 Å². The van der Waals surface area contributed by atoms with Crippen LogP contribution in [-0.2, 0) is 16.0 Å². The first-order chi connectivity index (χ1) is 7.06. The third-order valence-corrected chi connectivity index (χ3v) is 3.27. The number of halogens is 1. The minimum atomic E-state index is -0.261. The van der Waals surface area contributed by atoms with Gasteiger partial charge in [-0.1, -0.05) is 34.1 Å². The fourth-order valence-corrected chi connectivity index (χ4v) is 1.97. The van der Waals surface area contributed by atoms with Crippen molar-refractivity contribution in [2.75, 3.05) is 7.11 Å². The summed E-state index contributed by atoms with van der Waals surface area (Å²) in [6.07, 6.45) is 0.667. The molecule has 0 N–H and O–H groups in total. The SMILES string of the molecule is COC(=O)C(Br)Cc1cccc(C)c1C. The molecule has 0 fully saturated rings. The number of methoxy groups -OCH3 is 1. The predicted octanol–water partition coefficient (Wildman–Crippen LogP) is 2.78. The van der Waals surface area contributed by atoms with Crippen LogP contribution in [0.15, 0.2) is 18.2 Å². The van der Waals surface area contributed by atoms with E-state index in [1.807, 2.05) is 12.1 Å². The standard InChI is InChI=1S/C12H15BrO2/c1-8-5-4-6-10(9(8)2)7-11(13)12(14)15-3/h4-6,11H,7H2,1-3H3. The Balaban J connectivity index is 2.81. The smallest absolute Gasteiger partial charge is 0.319 e. The number of hydrogen-bond acceptors (Lipinski definition) is 2. The summed E-state index contributed by atoms with van der Waals surface area (Å²) in [4.78, 5) is 11.0. The zero-order chi connectivity index (χ0) is 11.4. The Hall–Kier alpha value is -0.830. The van der Waals surface area contributed by atoms with Crippen molar-refractivity contribution in [2.45, 2.75) is 25.1 Å². The number of hydrogen-bond donors (Lipinski definition) is 0. The highest BCUT2D eigenvalue weighted by Crippen LogP contribution is 2.17. The van der Waals surface area contributed by atoms with E-state index in [4.69, 9.17) is 0 Å². The van der Waals surface area contributed by atoms with Crippen LogP contribution in [0.2, 0.25) is 0 Å². The van der Waals surface area contributed by atoms with Gasteiger partial charge in [0.2, 0.25) is 0 Å². The van der Waals surface area contributed by atoms with Gasteiger partial charge < -0.3 is 4.74 Å². The molecule has 0 saturated carbocycles. The van der Waals surface area contributed by atoms with Crippen molar-refractivity contribution in [3.05, 3.63) is 34.9 Å². The lowest BCUT2D eigenvalue weighted by Gasteiger charge is -2.11. The van der Waals surface area contributed by atoms with Crippen LogP contribution in [0, 0.1) is 13.8 Å². The first-order valence-electron chi connectivity index (χ1n) is 4.83. The van der Waals surface area contributed by atoms with Gasteiger partial charge in [0, 0.05) is 0 Å². The Morgan fingerprint density at radius 2 is 2.13 bits per heavy atom. The summed E-state index contributed by atoms with van der Waals surface area (Å²) in [5.74, 6) is -0.226. The van der Waals surface area contributed by atoms with Gasteiger partial charge >= 0.3 is 5.97 Å². The summed E-state index contributed by atoms with van der Waals surface area (Å²) in [5.41, 5.74) is 3.67. The molecule has 0 radical (unpaired) electrons. The number of rotatable bonds is 3. The Labute approximate surface area is 98.8 Å². The van der Waals surface area contributed by atoms with Crippen LogP contribution in [0.3, 0.4) is 0 Å². The van der Waals surface area contributed by atoms with Crippen LogP contribution >= 0.6 is 15.9 Å². The maximum absolute atomic E-state index is 11.2. The van der Waals surface area contributed by atoms with Crippen LogP contribution in [0.5, 0.6) is 0 Å². The molecule has 1 aromatic carbocycles. The summed E-state index contributed by atoms with van der Waals surface area (Å²) in [6.45, 7) is 4.14. The van der Waals surface area contributed by atoms with Crippen molar-refractivity contribution in [1.82, 2.24) is 0 Å². The highest BCUT2D eigenvalue weighted by atomic mass is 79.9. The van der Waals surface area contributed by atoms with E-state index in [2.05, 4.69) is 40.6 Å². The first-order valence-corrected chi connectivity index (χ1v) is 5.74. The molecule has 0 amide bonds. The third kappa shape index (κ3) is 3.06. The second kappa shape index (κ2) is 5.31. The molecule has 82 valence electrons. The Morgan fingerprint density at radius 1 is 1.47 bits per heavy atom. The minimum Gasteiger partial charge on any atom is -0.468 e. The number of carbonyl (C=O) groups is 1. The number of esters is 1. The van der Waals surface area contributed by atoms with Crippen LogP contribution in [0.4, 0.5) is 0 Å². The van der Waals surface area contributed by atoms with Crippen molar-refractivity contribution in [1.29, 1.82) is 0 Å². The van der Waals surface area contributed by atoms with Gasteiger partial charge in [-0.15, -0.1) is 0 Å². The van der Waals surface area contributed by atoms with Gasteiger partial charge in [0.25, 0.3) is 0 Å². The molecule has 0 aliphatic rings. The topological polar surface area (TPSA) is 26.3 Å². The summed E-state index contributed by atoms with van der Waals surface area (Å²) < 4.78 is 4.67. The van der Waals surface area contributed by atoms with E-state index in [1.165, 1.54) is 23.8 Å². The van der Waals surface area contributed by atoms with E-state index in [0.717, 1.165) is 0 Å². The zero-order valence-electron chi connectivity index (χ0n) is 9.21. The van der Waals surface area contributed by atoms with Gasteiger partial charge in [-0.3, -0.25) is 4.79 Å². The van der Waals surface area contributed by atoms with Gasteiger partial charge in [0.1, 0.15) is 4.83 Å². The van der Waals surface area contributed by atoms with E-state index in [0.29, 0.717) is 6.42 Å². The first kappa shape index (κ1) is 12.2. The van der Waals surface area contributed by atoms with Gasteiger partial charge in [-0.2, -0.15) is 0 Å². The third-order valence-electron chi connectivity index (χ3n) is 2.57. The number of carbonyl (C=O) groups excluding carboxylic acids is 1. The normalized spacial score (nSPS) is 12.3. The van der Waals surface area contributed by atoms with Crippen molar-refractivity contribution in [2.24, 2.45) is 0 Å². The van der Waals surface area contributed by atoms with E-state index in [-0.39, 0.29) is 10.8 Å². The lowest BCUT2D eigenvalue weighted by molar-refractivity contribution is -0.139. The molecule has 0 saturated heterocycles. The second-order valence-corrected chi connectivity index (χ2v) is 4.66. The Kier molecular flexibility index (Phi) is 4.33. The molecule has 0 bridgehead atoms. The lowest BCUT2D eigenvalue weighted by atomic mass is 10.00. The molecule has 0 heterocycles. The van der Waals surface area contributed by atoms with Gasteiger partial charge in [0.15, 0.2) is 0 Å². The summed E-state index contributed by atoms with van der Waals surface area (Å²) in [6, 6.07) is 6.12. The Morgan fingerprint density at radius 3 is 2.73 bits per heavy atom. The van der Waals surface area contributed by atoms with Crippen LogP contribution in [-0.4, -0.2) is 17.9 Å². The molecule has 0 aliphatic carbocycles. The number of aryl methyl sites for hydroxylation is 1. The minimum absolute atomic E-state index is 0.226. The fourth-order valence-electron chi connectivity index (χ4n) is 1.44. The average Bonchev–Trinajstić information content (AvgIpc) is 2.23. The lowest BCUT2D eigenvalue weighted by Crippen LogP contribution is -2.18. The van der Waals surface area contributed by atoms with Gasteiger partial charge in [0.05, 0.1) is 7.11 Å². The summed E-state index contributed by atoms with van der Waals surface area (Å²) >= 11 is 3.32. The fraction of sp³-hybridized carbons (Fsp3) is 0.417. The molecule has 1 atom stereocenters. The summed E-state index contributed by atoms with van der Waals surface area (Å²) in [7, 11) is 1.40. The number of ether oxygens (including phenoxy) is 1. The molecule has 15 heavy (non-hydrogen) atoms. The number of benzene rings is 1. The molecule has 2 nitrogen and oxygen atoms in total. The van der Waals surface area contributed by atoms with E-state index < -0.39 is 0 Å². The Bertz CT molecular complexity index is 361. The van der Waals surface area contributed by atoms with Crippen molar-refractivity contribution in [3.8, 4) is 0 Å². The summed E-state index contributed by atoms with van der Waals surface area (Å²) in [5, 5.41) is 0. The molecular formula is C12H15BrO2. The molecule has 1 rings (SSSR count). The van der Waals surface area contributed by atoms with Gasteiger partial charge in [-0.25, -0.2) is 0 Å². The molecule has 1 unspecified atom stereocenters. The van der Waals surface area contributed by atoms with Gasteiger partial charge in [-0.05, 0) is 37.0 Å². The second-order valence-electron chi connectivity index (χ2n) is 3.55. The van der Waals surface area contributed by atoms with E-state index in [1.54, 1.807) is 0 Å². The average molecular weight is 271 g/mol. The largest absolute Gasteiger partial charge is 0.468 e. The van der Waals surface area contributed by atoms with Crippen LogP contribution in [0.25, 0.3) is 0 Å². The van der Waals surface area contributed by atoms with Crippen molar-refractivity contribution in [3.63, 3.8) is 0 Å². The predicted molar refractivity (Wildman–Crippen MR) is 64.4 cm³/mol. The monoisotopic (exact) mass is 270 g/mol. The molecular weight excluding hydrogens is 256 g/mol. The maximum atomic E-state index is 11.2. The highest BCUT2D eigenvalue weighted by Gasteiger charge is 2.16. The van der Waals surface area contributed by atoms with E-state index >= 15 is 0 Å². The van der Waals surface area contributed by atoms with Crippen molar-refractivity contribution < 1.29 is 9.53 Å². The quantitative estimate of drug-likeness (QED) is 0.624. The molecule has 3 heteroatoms. The zero-order valence-corrected chi connectivity index (χ0v) is 10.8. The molecule has 0 aliphatic heterocycles. The number of alkyl halides is 1. The maximum Gasteiger partial charge on any atom is 0.319 e. The van der Waals surface area contributed by atoms with Crippen LogP contribution < -0.4 is 0 Å². The van der Waals surface area contributed by atoms with Crippen molar-refractivity contribution >= 4 is 21.9 Å². The molecule has 0 aromatic heterocycles. The molecule has 1 aromatic rings. The molecule has 0 spiro atoms. The highest BCUT2D eigenvalue weighted by molar-refractivity contribution is 9.10. The van der Waals surface area contributed by atoms with Crippen LogP contribution in [0.1, 0.15) is 16.7 Å².